The Balaban J connectivity index is 2.89. The molecule has 3 N–H and O–H groups in total. The van der Waals surface area contributed by atoms with Crippen LogP contribution in [0, 0.1) is 6.92 Å². The van der Waals surface area contributed by atoms with Crippen LogP contribution < -0.4 is 5.73 Å². The van der Waals surface area contributed by atoms with Gasteiger partial charge in [0.2, 0.25) is 0 Å². The number of carboxylic acids is 1. The SMILES string of the molecule is CCCn1c(C)c(CCN)c2cc(C(=O)O)cc(C(C)C)c21. The standard InChI is InChI=1S/C18H26N2O2/c1-5-8-20-12(4)14(6-7-19)16-10-13(18(21)22)9-15(11(2)3)17(16)20/h9-11H,5-8,19H2,1-4H3,(H,21,22). The summed E-state index contributed by atoms with van der Waals surface area (Å²) < 4.78 is 2.33. The number of aromatic nitrogens is 1. The number of nitrogens with zero attached hydrogens (tertiary/aromatic N) is 1. The molecule has 0 unspecified atom stereocenters. The lowest BCUT2D eigenvalue weighted by Crippen LogP contribution is -2.05. The minimum absolute atomic E-state index is 0.275. The third-order valence-electron chi connectivity index (χ3n) is 4.29. The van der Waals surface area contributed by atoms with Gasteiger partial charge in [0.15, 0.2) is 0 Å². The highest BCUT2D eigenvalue weighted by Gasteiger charge is 2.20. The van der Waals surface area contributed by atoms with E-state index >= 15 is 0 Å². The normalized spacial score (nSPS) is 11.5. The van der Waals surface area contributed by atoms with Gasteiger partial charge in [0.25, 0.3) is 0 Å². The molecule has 1 heterocycles. The third kappa shape index (κ3) is 2.75. The molecule has 2 aromatic rings. The third-order valence-corrected chi connectivity index (χ3v) is 4.29. The number of benzene rings is 1. The van der Waals surface area contributed by atoms with Crippen molar-refractivity contribution in [2.24, 2.45) is 5.73 Å². The minimum Gasteiger partial charge on any atom is -0.478 e. The van der Waals surface area contributed by atoms with Crippen LogP contribution in [0.2, 0.25) is 0 Å². The number of fused-ring (bicyclic) bond motifs is 1. The first-order chi connectivity index (χ1) is 10.4. The van der Waals surface area contributed by atoms with E-state index in [2.05, 4.69) is 32.3 Å². The van der Waals surface area contributed by atoms with Crippen molar-refractivity contribution in [1.29, 1.82) is 0 Å². The second-order valence-electron chi connectivity index (χ2n) is 6.18. The molecule has 0 aliphatic carbocycles. The van der Waals surface area contributed by atoms with Gasteiger partial charge in [-0.1, -0.05) is 20.8 Å². The average molecular weight is 302 g/mol. The fourth-order valence-corrected chi connectivity index (χ4v) is 3.24. The van der Waals surface area contributed by atoms with Gasteiger partial charge in [-0.05, 0) is 55.5 Å². The van der Waals surface area contributed by atoms with Crippen molar-refractivity contribution in [1.82, 2.24) is 4.57 Å². The summed E-state index contributed by atoms with van der Waals surface area (Å²) in [5.74, 6) is -0.596. The number of rotatable bonds is 6. The number of nitrogens with two attached hydrogens (primary N) is 1. The molecule has 0 spiro atoms. The van der Waals surface area contributed by atoms with E-state index in [1.807, 2.05) is 12.1 Å². The van der Waals surface area contributed by atoms with Crippen molar-refractivity contribution in [2.45, 2.75) is 53.0 Å². The molecule has 0 saturated carbocycles. The molecule has 0 amide bonds. The van der Waals surface area contributed by atoms with Crippen LogP contribution in [0.1, 0.15) is 60.3 Å². The lowest BCUT2D eigenvalue weighted by molar-refractivity contribution is 0.0697. The fourth-order valence-electron chi connectivity index (χ4n) is 3.24. The molecule has 2 rings (SSSR count). The number of hydrogen-bond acceptors (Lipinski definition) is 2. The molecule has 0 saturated heterocycles. The molecule has 120 valence electrons. The second kappa shape index (κ2) is 6.53. The van der Waals surface area contributed by atoms with E-state index in [4.69, 9.17) is 5.73 Å². The summed E-state index contributed by atoms with van der Waals surface area (Å²) >= 11 is 0. The molecular formula is C18H26N2O2. The average Bonchev–Trinajstić information content (AvgIpc) is 2.72. The summed E-state index contributed by atoms with van der Waals surface area (Å²) in [5.41, 5.74) is 10.8. The Morgan fingerprint density at radius 3 is 2.55 bits per heavy atom. The molecule has 0 aliphatic rings. The van der Waals surface area contributed by atoms with Crippen LogP contribution in [-0.2, 0) is 13.0 Å². The van der Waals surface area contributed by atoms with Gasteiger partial charge in [-0.3, -0.25) is 0 Å². The monoisotopic (exact) mass is 302 g/mol. The van der Waals surface area contributed by atoms with Crippen LogP contribution in [0.5, 0.6) is 0 Å². The zero-order valence-corrected chi connectivity index (χ0v) is 13.9. The molecule has 1 aromatic heterocycles. The molecule has 0 atom stereocenters. The Morgan fingerprint density at radius 1 is 1.36 bits per heavy atom. The first-order valence-electron chi connectivity index (χ1n) is 8.01. The van der Waals surface area contributed by atoms with Crippen molar-refractivity contribution in [3.63, 3.8) is 0 Å². The highest BCUT2D eigenvalue weighted by molar-refractivity contribution is 5.97. The van der Waals surface area contributed by atoms with E-state index in [0.717, 1.165) is 30.3 Å². The molecule has 0 bridgehead atoms. The Labute approximate surface area is 131 Å². The van der Waals surface area contributed by atoms with Crippen LogP contribution in [0.15, 0.2) is 12.1 Å². The van der Waals surface area contributed by atoms with Gasteiger partial charge < -0.3 is 15.4 Å². The van der Waals surface area contributed by atoms with Crippen molar-refractivity contribution in [3.8, 4) is 0 Å². The molecule has 1 aromatic carbocycles. The molecule has 0 radical (unpaired) electrons. The summed E-state index contributed by atoms with van der Waals surface area (Å²) in [5, 5.41) is 10.5. The van der Waals surface area contributed by atoms with Crippen LogP contribution in [-0.4, -0.2) is 22.2 Å². The van der Waals surface area contributed by atoms with Crippen LogP contribution in [0.4, 0.5) is 0 Å². The smallest absolute Gasteiger partial charge is 0.335 e. The molecule has 4 heteroatoms. The quantitative estimate of drug-likeness (QED) is 0.855. The summed E-state index contributed by atoms with van der Waals surface area (Å²) in [4.78, 5) is 11.5. The Morgan fingerprint density at radius 2 is 2.05 bits per heavy atom. The van der Waals surface area contributed by atoms with E-state index in [1.165, 1.54) is 16.8 Å². The zero-order valence-electron chi connectivity index (χ0n) is 13.9. The van der Waals surface area contributed by atoms with Crippen molar-refractivity contribution < 1.29 is 9.90 Å². The van der Waals surface area contributed by atoms with Gasteiger partial charge in [0.1, 0.15) is 0 Å². The van der Waals surface area contributed by atoms with Gasteiger partial charge in [-0.15, -0.1) is 0 Å². The molecule has 4 nitrogen and oxygen atoms in total. The van der Waals surface area contributed by atoms with E-state index in [1.54, 1.807) is 0 Å². The topological polar surface area (TPSA) is 68.2 Å². The van der Waals surface area contributed by atoms with Gasteiger partial charge in [0.05, 0.1) is 11.1 Å². The van der Waals surface area contributed by atoms with Crippen molar-refractivity contribution >= 4 is 16.9 Å². The Kier molecular flexibility index (Phi) is 4.91. The predicted molar refractivity (Wildman–Crippen MR) is 90.8 cm³/mol. The molecular weight excluding hydrogens is 276 g/mol. The van der Waals surface area contributed by atoms with Crippen LogP contribution in [0.25, 0.3) is 10.9 Å². The predicted octanol–water partition coefficient (Wildman–Crippen LogP) is 3.68. The summed E-state index contributed by atoms with van der Waals surface area (Å²) in [6, 6.07) is 3.64. The second-order valence-corrected chi connectivity index (χ2v) is 6.18. The highest BCUT2D eigenvalue weighted by Crippen LogP contribution is 2.34. The maximum atomic E-state index is 11.5. The summed E-state index contributed by atoms with van der Waals surface area (Å²) in [7, 11) is 0. The van der Waals surface area contributed by atoms with Crippen molar-refractivity contribution in [2.75, 3.05) is 6.54 Å². The maximum absolute atomic E-state index is 11.5. The van der Waals surface area contributed by atoms with Crippen molar-refractivity contribution in [3.05, 3.63) is 34.5 Å². The number of aromatic carboxylic acids is 1. The summed E-state index contributed by atoms with van der Waals surface area (Å²) in [6.07, 6.45) is 1.82. The fraction of sp³-hybridized carbons (Fsp3) is 0.500. The number of hydrogen-bond donors (Lipinski definition) is 2. The lowest BCUT2D eigenvalue weighted by atomic mass is 9.95. The largest absolute Gasteiger partial charge is 0.478 e. The van der Waals surface area contributed by atoms with E-state index in [-0.39, 0.29) is 5.92 Å². The molecule has 0 aliphatic heterocycles. The summed E-state index contributed by atoms with van der Waals surface area (Å²) in [6.45, 7) is 10.0. The Bertz CT molecular complexity index is 699. The van der Waals surface area contributed by atoms with E-state index in [9.17, 15) is 9.90 Å². The van der Waals surface area contributed by atoms with Crippen LogP contribution >= 0.6 is 0 Å². The van der Waals surface area contributed by atoms with Gasteiger partial charge in [-0.25, -0.2) is 4.79 Å². The number of carbonyl (C=O) groups is 1. The van der Waals surface area contributed by atoms with Gasteiger partial charge in [0, 0.05) is 17.6 Å². The van der Waals surface area contributed by atoms with Gasteiger partial charge >= 0.3 is 5.97 Å². The Hall–Kier alpha value is -1.81. The van der Waals surface area contributed by atoms with Crippen LogP contribution in [0.3, 0.4) is 0 Å². The lowest BCUT2D eigenvalue weighted by Gasteiger charge is -2.14. The molecule has 0 fully saturated rings. The van der Waals surface area contributed by atoms with E-state index < -0.39 is 5.97 Å². The molecule has 22 heavy (non-hydrogen) atoms. The highest BCUT2D eigenvalue weighted by atomic mass is 16.4. The first kappa shape index (κ1) is 16.6. The zero-order chi connectivity index (χ0) is 16.4. The van der Waals surface area contributed by atoms with Gasteiger partial charge in [-0.2, -0.15) is 0 Å². The minimum atomic E-state index is -0.872. The first-order valence-corrected chi connectivity index (χ1v) is 8.01. The number of aryl methyl sites for hydroxylation is 1. The maximum Gasteiger partial charge on any atom is 0.335 e. The van der Waals surface area contributed by atoms with E-state index in [0.29, 0.717) is 12.1 Å². The number of carboxylic acid groups (broad SMARTS) is 1.